The van der Waals surface area contributed by atoms with Crippen molar-refractivity contribution in [3.63, 3.8) is 0 Å². The highest BCUT2D eigenvalue weighted by Gasteiger charge is 2.54. The van der Waals surface area contributed by atoms with E-state index in [2.05, 4.69) is 91.3 Å². The summed E-state index contributed by atoms with van der Waals surface area (Å²) in [6.45, 7) is 7.10. The van der Waals surface area contributed by atoms with Gasteiger partial charge in [-0.15, -0.1) is 0 Å². The maximum absolute atomic E-state index is 3.97. The maximum atomic E-state index is 3.97. The van der Waals surface area contributed by atoms with Gasteiger partial charge in [-0.25, -0.2) is 0 Å². The molecule has 2 atom stereocenters. The Balaban J connectivity index is 2.25. The summed E-state index contributed by atoms with van der Waals surface area (Å²) in [5, 5.41) is 0. The lowest BCUT2D eigenvalue weighted by atomic mass is 9.63. The summed E-state index contributed by atoms with van der Waals surface area (Å²) in [4.78, 5) is 0.355. The van der Waals surface area contributed by atoms with Crippen LogP contribution in [0, 0.1) is 0 Å². The molecule has 19 heavy (non-hydrogen) atoms. The van der Waals surface area contributed by atoms with Gasteiger partial charge in [0.05, 0.1) is 4.83 Å². The molecule has 0 bridgehead atoms. The first kappa shape index (κ1) is 12.9. The fourth-order valence-electron chi connectivity index (χ4n) is 3.49. The molecule has 0 aromatic heterocycles. The van der Waals surface area contributed by atoms with Crippen LogP contribution in [0.5, 0.6) is 0 Å². The first-order chi connectivity index (χ1) is 8.99. The molecule has 0 amide bonds. The number of rotatable bonds is 1. The van der Waals surface area contributed by atoms with E-state index in [0.29, 0.717) is 4.83 Å². The molecular weight excluding hydrogens is 296 g/mol. The summed E-state index contributed by atoms with van der Waals surface area (Å²) in [6, 6.07) is 19.7. The number of hydrogen-bond acceptors (Lipinski definition) is 0. The summed E-state index contributed by atoms with van der Waals surface area (Å²) in [6.07, 6.45) is 0. The molecule has 3 rings (SSSR count). The van der Waals surface area contributed by atoms with Crippen LogP contribution in [0.15, 0.2) is 54.6 Å². The topological polar surface area (TPSA) is 0 Å². The monoisotopic (exact) mass is 314 g/mol. The molecular formula is C18H19Br. The quantitative estimate of drug-likeness (QED) is 0.621. The van der Waals surface area contributed by atoms with E-state index in [1.165, 1.54) is 16.7 Å². The van der Waals surface area contributed by atoms with Crippen molar-refractivity contribution in [3.05, 3.63) is 71.3 Å². The standard InChI is InChI=1S/C18H19Br/c1-17(2)15-12-8-7-11-14(15)16(19)18(17,3)13-9-5-4-6-10-13/h4-12,16H,1-3H3. The molecule has 0 radical (unpaired) electrons. The zero-order valence-corrected chi connectivity index (χ0v) is 13.2. The molecule has 1 heteroatoms. The van der Waals surface area contributed by atoms with Gasteiger partial charge in [-0.1, -0.05) is 91.3 Å². The third-order valence-corrected chi connectivity index (χ3v) is 6.49. The van der Waals surface area contributed by atoms with Crippen LogP contribution in [0.3, 0.4) is 0 Å². The first-order valence-corrected chi connectivity index (χ1v) is 7.70. The Morgan fingerprint density at radius 2 is 1.42 bits per heavy atom. The summed E-state index contributed by atoms with van der Waals surface area (Å²) in [5.41, 5.74) is 4.47. The van der Waals surface area contributed by atoms with Crippen LogP contribution in [0.1, 0.15) is 42.3 Å². The molecule has 2 unspecified atom stereocenters. The van der Waals surface area contributed by atoms with E-state index in [1.807, 2.05) is 0 Å². The second kappa shape index (κ2) is 4.21. The largest absolute Gasteiger partial charge is 0.0829 e. The van der Waals surface area contributed by atoms with Crippen molar-refractivity contribution < 1.29 is 0 Å². The highest BCUT2D eigenvalue weighted by Crippen LogP contribution is 2.61. The van der Waals surface area contributed by atoms with Crippen molar-refractivity contribution in [1.29, 1.82) is 0 Å². The van der Waals surface area contributed by atoms with Gasteiger partial charge in [-0.3, -0.25) is 0 Å². The van der Waals surface area contributed by atoms with Crippen LogP contribution in [0.2, 0.25) is 0 Å². The Morgan fingerprint density at radius 3 is 2.05 bits per heavy atom. The minimum Gasteiger partial charge on any atom is -0.0829 e. The van der Waals surface area contributed by atoms with Crippen molar-refractivity contribution in [3.8, 4) is 0 Å². The lowest BCUT2D eigenvalue weighted by Gasteiger charge is -2.42. The average Bonchev–Trinajstić information content (AvgIpc) is 2.60. The lowest BCUT2D eigenvalue weighted by molar-refractivity contribution is 0.304. The molecule has 0 nitrogen and oxygen atoms in total. The van der Waals surface area contributed by atoms with E-state index in [-0.39, 0.29) is 10.8 Å². The van der Waals surface area contributed by atoms with Crippen molar-refractivity contribution in [2.75, 3.05) is 0 Å². The fourth-order valence-corrected chi connectivity index (χ4v) is 4.72. The van der Waals surface area contributed by atoms with Crippen LogP contribution >= 0.6 is 15.9 Å². The van der Waals surface area contributed by atoms with Crippen LogP contribution in [0.4, 0.5) is 0 Å². The lowest BCUT2D eigenvalue weighted by Crippen LogP contribution is -2.40. The van der Waals surface area contributed by atoms with E-state index in [4.69, 9.17) is 0 Å². The summed E-state index contributed by atoms with van der Waals surface area (Å²) < 4.78 is 0. The molecule has 0 spiro atoms. The van der Waals surface area contributed by atoms with E-state index in [1.54, 1.807) is 0 Å². The summed E-state index contributed by atoms with van der Waals surface area (Å²) in [7, 11) is 0. The number of benzene rings is 2. The van der Waals surface area contributed by atoms with E-state index in [0.717, 1.165) is 0 Å². The Morgan fingerprint density at radius 1 is 0.842 bits per heavy atom. The van der Waals surface area contributed by atoms with Crippen molar-refractivity contribution in [2.45, 2.75) is 36.4 Å². The highest BCUT2D eigenvalue weighted by molar-refractivity contribution is 9.09. The number of halogens is 1. The van der Waals surface area contributed by atoms with Crippen molar-refractivity contribution >= 4 is 15.9 Å². The predicted molar refractivity (Wildman–Crippen MR) is 84.9 cm³/mol. The van der Waals surface area contributed by atoms with Gasteiger partial charge < -0.3 is 0 Å². The van der Waals surface area contributed by atoms with E-state index >= 15 is 0 Å². The first-order valence-electron chi connectivity index (χ1n) is 6.78. The van der Waals surface area contributed by atoms with E-state index in [9.17, 15) is 0 Å². The molecule has 2 aromatic carbocycles. The normalized spacial score (nSPS) is 28.1. The predicted octanol–water partition coefficient (Wildman–Crippen LogP) is 5.37. The molecule has 0 fully saturated rings. The second-order valence-corrected chi connectivity index (χ2v) is 7.06. The molecule has 1 aliphatic carbocycles. The maximum Gasteiger partial charge on any atom is 0.0500 e. The minimum absolute atomic E-state index is 0.0674. The van der Waals surface area contributed by atoms with Gasteiger partial charge in [-0.2, -0.15) is 0 Å². The van der Waals surface area contributed by atoms with Gasteiger partial charge in [0, 0.05) is 10.8 Å². The third-order valence-electron chi connectivity index (χ3n) is 5.09. The molecule has 98 valence electrons. The van der Waals surface area contributed by atoms with Crippen molar-refractivity contribution in [1.82, 2.24) is 0 Å². The van der Waals surface area contributed by atoms with Crippen LogP contribution in [0.25, 0.3) is 0 Å². The fraction of sp³-hybridized carbons (Fsp3) is 0.333. The molecule has 0 saturated heterocycles. The molecule has 0 saturated carbocycles. The number of hydrogen-bond donors (Lipinski definition) is 0. The van der Waals surface area contributed by atoms with Crippen LogP contribution < -0.4 is 0 Å². The highest BCUT2D eigenvalue weighted by atomic mass is 79.9. The van der Waals surface area contributed by atoms with Gasteiger partial charge in [0.15, 0.2) is 0 Å². The number of fused-ring (bicyclic) bond motifs is 1. The Kier molecular flexibility index (Phi) is 2.86. The van der Waals surface area contributed by atoms with Gasteiger partial charge in [0.25, 0.3) is 0 Å². The van der Waals surface area contributed by atoms with Gasteiger partial charge in [-0.05, 0) is 16.7 Å². The second-order valence-electron chi connectivity index (χ2n) is 6.14. The third kappa shape index (κ3) is 1.57. The average molecular weight is 315 g/mol. The Labute approximate surface area is 124 Å². The van der Waals surface area contributed by atoms with Crippen LogP contribution in [-0.4, -0.2) is 0 Å². The molecule has 0 aliphatic heterocycles. The zero-order valence-electron chi connectivity index (χ0n) is 11.7. The zero-order chi connectivity index (χ0) is 13.7. The minimum atomic E-state index is 0.0674. The van der Waals surface area contributed by atoms with Gasteiger partial charge in [0.2, 0.25) is 0 Å². The van der Waals surface area contributed by atoms with Crippen LogP contribution in [-0.2, 0) is 10.8 Å². The summed E-state index contributed by atoms with van der Waals surface area (Å²) in [5.74, 6) is 0. The van der Waals surface area contributed by atoms with Crippen molar-refractivity contribution in [2.24, 2.45) is 0 Å². The molecule has 0 heterocycles. The van der Waals surface area contributed by atoms with Gasteiger partial charge >= 0.3 is 0 Å². The molecule has 1 aliphatic rings. The SMILES string of the molecule is CC1(C)c2ccccc2C(Br)C1(C)c1ccccc1. The molecule has 2 aromatic rings. The Bertz CT molecular complexity index is 600. The number of alkyl halides is 1. The van der Waals surface area contributed by atoms with Gasteiger partial charge in [0.1, 0.15) is 0 Å². The summed E-state index contributed by atoms with van der Waals surface area (Å²) >= 11 is 3.97. The molecule has 0 N–H and O–H groups in total. The van der Waals surface area contributed by atoms with E-state index < -0.39 is 0 Å². The Hall–Kier alpha value is -1.08. The smallest absolute Gasteiger partial charge is 0.0500 e.